The van der Waals surface area contributed by atoms with Crippen LogP contribution < -0.4 is 9.80 Å². The number of carbonyl (C=O) groups excluding carboxylic acids is 1. The third-order valence-electron chi connectivity index (χ3n) is 4.82. The van der Waals surface area contributed by atoms with Crippen LogP contribution in [0.4, 0.5) is 20.8 Å². The molecule has 1 fully saturated rings. The van der Waals surface area contributed by atoms with E-state index in [2.05, 4.69) is 25.4 Å². The monoisotopic (exact) mass is 384 g/mol. The molecule has 0 radical (unpaired) electrons. The molecule has 3 aromatic rings. The number of hydrogen-bond acceptors (Lipinski definition) is 7. The van der Waals surface area contributed by atoms with Crippen LogP contribution in [-0.2, 0) is 24.9 Å². The van der Waals surface area contributed by atoms with E-state index in [0.29, 0.717) is 42.7 Å². The highest BCUT2D eigenvalue weighted by atomic mass is 19.1. The van der Waals surface area contributed by atoms with Gasteiger partial charge in [0.1, 0.15) is 17.7 Å². The van der Waals surface area contributed by atoms with Gasteiger partial charge in [-0.1, -0.05) is 5.10 Å². The van der Waals surface area contributed by atoms with Gasteiger partial charge < -0.3 is 14.6 Å². The Labute approximate surface area is 158 Å². The SMILES string of the molecule is CC1CN(c2ccc(-c3nc4c([nH]3)CN(c3nnn(C)n3)C4)c(F)c2)C(=O)O1. The van der Waals surface area contributed by atoms with Gasteiger partial charge in [0.05, 0.1) is 49.3 Å². The fourth-order valence-electron chi connectivity index (χ4n) is 3.48. The highest BCUT2D eigenvalue weighted by Crippen LogP contribution is 2.31. The first-order valence-corrected chi connectivity index (χ1v) is 8.82. The van der Waals surface area contributed by atoms with Crippen LogP contribution in [0.1, 0.15) is 18.3 Å². The number of aryl methyl sites for hydroxylation is 1. The smallest absolute Gasteiger partial charge is 0.414 e. The second-order valence-electron chi connectivity index (χ2n) is 6.91. The Morgan fingerprint density at radius 1 is 1.32 bits per heavy atom. The maximum absolute atomic E-state index is 14.7. The van der Waals surface area contributed by atoms with Crippen LogP contribution in [0.15, 0.2) is 18.2 Å². The number of fused-ring (bicyclic) bond motifs is 1. The number of cyclic esters (lactones) is 1. The summed E-state index contributed by atoms with van der Waals surface area (Å²) in [5.74, 6) is 0.528. The number of hydrogen-bond donors (Lipinski definition) is 1. The summed E-state index contributed by atoms with van der Waals surface area (Å²) in [4.78, 5) is 24.3. The number of H-pyrrole nitrogens is 1. The zero-order valence-corrected chi connectivity index (χ0v) is 15.3. The number of ether oxygens (including phenoxy) is 1. The largest absolute Gasteiger partial charge is 0.444 e. The Hall–Kier alpha value is -3.50. The summed E-state index contributed by atoms with van der Waals surface area (Å²) in [5.41, 5.74) is 2.53. The number of benzene rings is 1. The van der Waals surface area contributed by atoms with Crippen molar-refractivity contribution in [1.29, 1.82) is 0 Å². The van der Waals surface area contributed by atoms with Crippen LogP contribution in [0.2, 0.25) is 0 Å². The predicted molar refractivity (Wildman–Crippen MR) is 96.0 cm³/mol. The average Bonchev–Trinajstić information content (AvgIpc) is 3.38. The number of aromatic nitrogens is 6. The van der Waals surface area contributed by atoms with Gasteiger partial charge in [0.2, 0.25) is 0 Å². The first kappa shape index (κ1) is 16.7. The van der Waals surface area contributed by atoms with Crippen molar-refractivity contribution in [3.05, 3.63) is 35.4 Å². The summed E-state index contributed by atoms with van der Waals surface area (Å²) in [7, 11) is 1.71. The molecule has 10 nitrogen and oxygen atoms in total. The number of carbonyl (C=O) groups is 1. The van der Waals surface area contributed by atoms with E-state index < -0.39 is 11.9 Å². The van der Waals surface area contributed by atoms with E-state index in [0.717, 1.165) is 11.4 Å². The van der Waals surface area contributed by atoms with Crippen LogP contribution in [0.5, 0.6) is 0 Å². The summed E-state index contributed by atoms with van der Waals surface area (Å²) in [6.45, 7) is 3.27. The van der Waals surface area contributed by atoms with Gasteiger partial charge in [0.15, 0.2) is 0 Å². The lowest BCUT2D eigenvalue weighted by Gasteiger charge is -2.14. The summed E-state index contributed by atoms with van der Waals surface area (Å²) in [6.07, 6.45) is -0.677. The Balaban J connectivity index is 1.38. The molecule has 0 aliphatic carbocycles. The molecule has 1 saturated heterocycles. The van der Waals surface area contributed by atoms with Gasteiger partial charge >= 0.3 is 6.09 Å². The minimum Gasteiger partial charge on any atom is -0.444 e. The van der Waals surface area contributed by atoms with Gasteiger partial charge in [-0.25, -0.2) is 14.2 Å². The number of rotatable bonds is 3. The third kappa shape index (κ3) is 2.66. The molecule has 2 aliphatic rings. The van der Waals surface area contributed by atoms with Crippen molar-refractivity contribution in [1.82, 2.24) is 30.2 Å². The normalized spacial score (nSPS) is 18.7. The zero-order chi connectivity index (χ0) is 19.4. The summed E-state index contributed by atoms with van der Waals surface area (Å²) < 4.78 is 19.8. The Morgan fingerprint density at radius 2 is 2.18 bits per heavy atom. The second-order valence-corrected chi connectivity index (χ2v) is 6.91. The molecule has 0 saturated carbocycles. The van der Waals surface area contributed by atoms with E-state index in [9.17, 15) is 9.18 Å². The van der Waals surface area contributed by atoms with Gasteiger partial charge in [0.25, 0.3) is 5.95 Å². The maximum Gasteiger partial charge on any atom is 0.414 e. The molecule has 1 N–H and O–H groups in total. The summed E-state index contributed by atoms with van der Waals surface area (Å²) in [6, 6.07) is 4.65. The van der Waals surface area contributed by atoms with Gasteiger partial charge in [0, 0.05) is 0 Å². The van der Waals surface area contributed by atoms with E-state index in [1.54, 1.807) is 26.1 Å². The predicted octanol–water partition coefficient (Wildman–Crippen LogP) is 1.60. The van der Waals surface area contributed by atoms with Crippen LogP contribution in [-0.4, -0.2) is 48.9 Å². The molecule has 2 aromatic heterocycles. The number of halogens is 1. The van der Waals surface area contributed by atoms with E-state index >= 15 is 0 Å². The average molecular weight is 384 g/mol. The van der Waals surface area contributed by atoms with Gasteiger partial charge in [-0.2, -0.15) is 4.80 Å². The molecule has 2 aliphatic heterocycles. The molecule has 144 valence electrons. The Kier molecular flexibility index (Phi) is 3.57. The molecular weight excluding hydrogens is 367 g/mol. The van der Waals surface area contributed by atoms with E-state index in [-0.39, 0.29) is 6.10 Å². The molecule has 4 heterocycles. The lowest BCUT2D eigenvalue weighted by Crippen LogP contribution is -2.24. The number of nitrogens with zero attached hydrogens (tertiary/aromatic N) is 7. The highest BCUT2D eigenvalue weighted by Gasteiger charge is 2.30. The van der Waals surface area contributed by atoms with Crippen LogP contribution in [0.25, 0.3) is 11.4 Å². The summed E-state index contributed by atoms with van der Waals surface area (Å²) >= 11 is 0. The van der Waals surface area contributed by atoms with E-state index in [1.807, 2.05) is 4.90 Å². The molecule has 11 heteroatoms. The summed E-state index contributed by atoms with van der Waals surface area (Å²) in [5, 5.41) is 12.0. The molecule has 0 bridgehead atoms. The third-order valence-corrected chi connectivity index (χ3v) is 4.82. The van der Waals surface area contributed by atoms with Crippen LogP contribution in [0.3, 0.4) is 0 Å². The van der Waals surface area contributed by atoms with Crippen molar-refractivity contribution in [3.63, 3.8) is 0 Å². The minimum atomic E-state index is -0.464. The first-order chi connectivity index (χ1) is 13.5. The minimum absolute atomic E-state index is 0.213. The van der Waals surface area contributed by atoms with Crippen LogP contribution in [0, 0.1) is 5.82 Å². The Bertz CT molecular complexity index is 1050. The molecule has 28 heavy (non-hydrogen) atoms. The molecular formula is C17H17FN8O2. The maximum atomic E-state index is 14.7. The van der Waals surface area contributed by atoms with Crippen molar-refractivity contribution >= 4 is 17.7 Å². The van der Waals surface area contributed by atoms with Gasteiger partial charge in [-0.05, 0) is 30.3 Å². The zero-order valence-electron chi connectivity index (χ0n) is 15.3. The molecule has 1 amide bonds. The second kappa shape index (κ2) is 6.01. The molecule has 0 spiro atoms. The lowest BCUT2D eigenvalue weighted by atomic mass is 10.1. The standard InChI is InChI=1S/C17H17FN8O2/c1-9-6-26(17(27)28-9)10-3-4-11(12(18)5-10)15-19-13-7-25(8-14(13)20-15)16-21-23-24(2)22-16/h3-5,9H,6-8H2,1-2H3,(H,19,20). The number of nitrogens with one attached hydrogen (secondary N) is 1. The van der Waals surface area contributed by atoms with Crippen molar-refractivity contribution in [2.24, 2.45) is 7.05 Å². The van der Waals surface area contributed by atoms with Crippen molar-refractivity contribution in [2.75, 3.05) is 16.3 Å². The molecule has 5 rings (SSSR count). The van der Waals surface area contributed by atoms with Gasteiger partial charge in [-0.15, -0.1) is 5.10 Å². The molecule has 1 atom stereocenters. The lowest BCUT2D eigenvalue weighted by molar-refractivity contribution is 0.150. The quantitative estimate of drug-likeness (QED) is 0.731. The number of amides is 1. The Morgan fingerprint density at radius 3 is 2.82 bits per heavy atom. The van der Waals surface area contributed by atoms with Crippen molar-refractivity contribution in [2.45, 2.75) is 26.1 Å². The van der Waals surface area contributed by atoms with Gasteiger partial charge in [-0.3, -0.25) is 4.90 Å². The molecule has 1 aromatic carbocycles. The topological polar surface area (TPSA) is 105 Å². The van der Waals surface area contributed by atoms with Crippen molar-refractivity contribution in [3.8, 4) is 11.4 Å². The number of anilines is 2. The number of aromatic amines is 1. The van der Waals surface area contributed by atoms with Crippen molar-refractivity contribution < 1.29 is 13.9 Å². The number of tetrazole rings is 1. The van der Waals surface area contributed by atoms with E-state index in [1.165, 1.54) is 15.8 Å². The highest BCUT2D eigenvalue weighted by molar-refractivity contribution is 5.90. The fraction of sp³-hybridized carbons (Fsp3) is 0.353. The number of imidazole rings is 1. The first-order valence-electron chi connectivity index (χ1n) is 8.82. The van der Waals surface area contributed by atoms with Crippen LogP contribution >= 0.6 is 0 Å². The van der Waals surface area contributed by atoms with E-state index in [4.69, 9.17) is 4.74 Å². The fourth-order valence-corrected chi connectivity index (χ4v) is 3.48. The molecule has 1 unspecified atom stereocenters.